The molecule has 1 aliphatic rings. The fourth-order valence-corrected chi connectivity index (χ4v) is 4.25. The highest BCUT2D eigenvalue weighted by Gasteiger charge is 2.28. The van der Waals surface area contributed by atoms with Gasteiger partial charge in [0.05, 0.1) is 16.3 Å². The van der Waals surface area contributed by atoms with E-state index in [-0.39, 0.29) is 10.8 Å². The number of nitrogens with one attached hydrogen (secondary N) is 1. The maximum atomic E-state index is 12.6. The van der Waals surface area contributed by atoms with E-state index in [4.69, 9.17) is 11.6 Å². The molecule has 0 aromatic heterocycles. The molecule has 0 radical (unpaired) electrons. The first-order valence-electron chi connectivity index (χ1n) is 7.51. The molecular weight excluding hydrogens is 360 g/mol. The van der Waals surface area contributed by atoms with Crippen LogP contribution < -0.4 is 9.62 Å². The molecule has 1 N–H and O–H groups in total. The number of nitrogens with zero attached hydrogens (tertiary/aromatic N) is 1. The van der Waals surface area contributed by atoms with E-state index < -0.39 is 10.0 Å². The van der Waals surface area contributed by atoms with E-state index in [1.165, 1.54) is 24.3 Å². The third-order valence-electron chi connectivity index (χ3n) is 4.28. The molecule has 1 aliphatic heterocycles. The van der Waals surface area contributed by atoms with Gasteiger partial charge in [-0.1, -0.05) is 23.7 Å². The second kappa shape index (κ2) is 5.47. The van der Waals surface area contributed by atoms with E-state index in [9.17, 15) is 13.2 Å². The average Bonchev–Trinajstić information content (AvgIpc) is 2.84. The third-order valence-corrected chi connectivity index (χ3v) is 5.92. The van der Waals surface area contributed by atoms with Crippen molar-refractivity contribution in [3.8, 4) is 0 Å². The molecule has 25 heavy (non-hydrogen) atoms. The minimum atomic E-state index is -3.76. The van der Waals surface area contributed by atoms with Crippen LogP contribution in [0.2, 0.25) is 5.02 Å². The van der Waals surface area contributed by atoms with Gasteiger partial charge in [-0.3, -0.25) is 9.52 Å². The maximum absolute atomic E-state index is 12.6. The number of halogens is 1. The molecule has 0 spiro atoms. The number of benzene rings is 3. The monoisotopic (exact) mass is 372 g/mol. The molecule has 3 aromatic carbocycles. The molecule has 0 aliphatic carbocycles. The molecule has 4 rings (SSSR count). The fraction of sp³-hybridized carbons (Fsp3) is 0.0556. The summed E-state index contributed by atoms with van der Waals surface area (Å²) in [6.45, 7) is 0. The quantitative estimate of drug-likeness (QED) is 0.758. The Hall–Kier alpha value is -2.57. The molecule has 0 unspecified atom stereocenters. The first-order chi connectivity index (χ1) is 11.9. The van der Waals surface area contributed by atoms with Crippen LogP contribution in [-0.4, -0.2) is 21.4 Å². The van der Waals surface area contributed by atoms with Crippen molar-refractivity contribution in [3.63, 3.8) is 0 Å². The smallest absolute Gasteiger partial charge is 0.261 e. The van der Waals surface area contributed by atoms with Crippen molar-refractivity contribution in [1.29, 1.82) is 0 Å². The first-order valence-corrected chi connectivity index (χ1v) is 9.37. The Bertz CT molecular complexity index is 1130. The van der Waals surface area contributed by atoms with Crippen molar-refractivity contribution in [3.05, 3.63) is 65.2 Å². The Morgan fingerprint density at radius 2 is 1.72 bits per heavy atom. The van der Waals surface area contributed by atoms with Crippen LogP contribution in [0.4, 0.5) is 11.4 Å². The summed E-state index contributed by atoms with van der Waals surface area (Å²) >= 11 is 5.82. The standard InChI is InChI=1S/C18H13ClN2O3S/c1-21-16-10-9-15(13-3-2-4-14(17(13)16)18(21)22)20-25(23,24)12-7-5-11(19)6-8-12/h2-10,20H,1H3. The summed E-state index contributed by atoms with van der Waals surface area (Å²) in [5, 5.41) is 1.90. The number of hydrogen-bond acceptors (Lipinski definition) is 3. The van der Waals surface area contributed by atoms with Gasteiger partial charge in [0.25, 0.3) is 15.9 Å². The van der Waals surface area contributed by atoms with Crippen molar-refractivity contribution in [2.75, 3.05) is 16.7 Å². The summed E-state index contributed by atoms with van der Waals surface area (Å²) in [5.41, 5.74) is 1.77. The van der Waals surface area contributed by atoms with E-state index in [0.717, 1.165) is 11.1 Å². The Morgan fingerprint density at radius 3 is 2.44 bits per heavy atom. The third kappa shape index (κ3) is 2.45. The molecule has 126 valence electrons. The predicted octanol–water partition coefficient (Wildman–Crippen LogP) is 3.88. The lowest BCUT2D eigenvalue weighted by atomic mass is 10.0. The number of anilines is 2. The molecule has 3 aromatic rings. The van der Waals surface area contributed by atoms with Crippen LogP contribution in [0.25, 0.3) is 10.8 Å². The second-order valence-corrected chi connectivity index (χ2v) is 7.90. The normalized spacial score (nSPS) is 13.5. The SMILES string of the molecule is CN1C(=O)c2cccc3c(NS(=O)(=O)c4ccc(Cl)cc4)ccc1c23. The topological polar surface area (TPSA) is 66.5 Å². The van der Waals surface area contributed by atoms with Gasteiger partial charge in [-0.15, -0.1) is 0 Å². The number of sulfonamides is 1. The molecule has 0 saturated carbocycles. The average molecular weight is 373 g/mol. The van der Waals surface area contributed by atoms with Crippen molar-refractivity contribution >= 4 is 49.7 Å². The Morgan fingerprint density at radius 1 is 1.00 bits per heavy atom. The lowest BCUT2D eigenvalue weighted by Crippen LogP contribution is -2.20. The summed E-state index contributed by atoms with van der Waals surface area (Å²) in [6, 6.07) is 14.7. The van der Waals surface area contributed by atoms with Gasteiger partial charge in [0.1, 0.15) is 0 Å². The lowest BCUT2D eigenvalue weighted by Gasteiger charge is -2.13. The van der Waals surface area contributed by atoms with Gasteiger partial charge in [-0.05, 0) is 42.5 Å². The van der Waals surface area contributed by atoms with Gasteiger partial charge in [0, 0.05) is 28.4 Å². The van der Waals surface area contributed by atoms with Crippen molar-refractivity contribution in [2.45, 2.75) is 4.90 Å². The Balaban J connectivity index is 1.84. The predicted molar refractivity (Wildman–Crippen MR) is 98.9 cm³/mol. The van der Waals surface area contributed by atoms with Crippen molar-refractivity contribution in [2.24, 2.45) is 0 Å². The van der Waals surface area contributed by atoms with E-state index >= 15 is 0 Å². The van der Waals surface area contributed by atoms with Crippen LogP contribution in [0.1, 0.15) is 10.4 Å². The molecule has 1 amide bonds. The molecular formula is C18H13ClN2O3S. The van der Waals surface area contributed by atoms with Crippen molar-refractivity contribution < 1.29 is 13.2 Å². The van der Waals surface area contributed by atoms with Gasteiger partial charge < -0.3 is 4.90 Å². The van der Waals surface area contributed by atoms with Gasteiger partial charge in [-0.25, -0.2) is 8.42 Å². The highest BCUT2D eigenvalue weighted by molar-refractivity contribution is 7.92. The number of rotatable bonds is 3. The second-order valence-electron chi connectivity index (χ2n) is 5.78. The minimum Gasteiger partial charge on any atom is -0.311 e. The zero-order chi connectivity index (χ0) is 17.8. The van der Waals surface area contributed by atoms with E-state index in [0.29, 0.717) is 21.7 Å². The maximum Gasteiger partial charge on any atom is 0.261 e. The Kier molecular flexibility index (Phi) is 3.49. The van der Waals surface area contributed by atoms with Gasteiger partial charge in [0.2, 0.25) is 0 Å². The summed E-state index contributed by atoms with van der Waals surface area (Å²) in [7, 11) is -2.06. The van der Waals surface area contributed by atoms with Crippen molar-refractivity contribution in [1.82, 2.24) is 0 Å². The van der Waals surface area contributed by atoms with E-state index in [1.807, 2.05) is 0 Å². The molecule has 7 heteroatoms. The molecule has 0 bridgehead atoms. The number of amides is 1. The highest BCUT2D eigenvalue weighted by Crippen LogP contribution is 2.40. The number of hydrogen-bond donors (Lipinski definition) is 1. The zero-order valence-electron chi connectivity index (χ0n) is 13.2. The van der Waals surface area contributed by atoms with Crippen LogP contribution in [0, 0.1) is 0 Å². The largest absolute Gasteiger partial charge is 0.311 e. The van der Waals surface area contributed by atoms with Crippen LogP contribution in [0.3, 0.4) is 0 Å². The van der Waals surface area contributed by atoms with E-state index in [1.54, 1.807) is 42.3 Å². The first kappa shape index (κ1) is 15.9. The Labute approximate surface area is 149 Å². The summed E-state index contributed by atoms with van der Waals surface area (Å²) in [4.78, 5) is 14.0. The number of carbonyl (C=O) groups excluding carboxylic acids is 1. The summed E-state index contributed by atoms with van der Waals surface area (Å²) < 4.78 is 27.9. The number of carbonyl (C=O) groups is 1. The fourth-order valence-electron chi connectivity index (χ4n) is 3.04. The molecule has 5 nitrogen and oxygen atoms in total. The minimum absolute atomic E-state index is 0.0988. The molecule has 0 atom stereocenters. The van der Waals surface area contributed by atoms with Gasteiger partial charge in [0.15, 0.2) is 0 Å². The lowest BCUT2D eigenvalue weighted by molar-refractivity contribution is 0.0999. The summed E-state index contributed by atoms with van der Waals surface area (Å²) in [6.07, 6.45) is 0. The van der Waals surface area contributed by atoms with Crippen LogP contribution in [0.15, 0.2) is 59.5 Å². The zero-order valence-corrected chi connectivity index (χ0v) is 14.7. The van der Waals surface area contributed by atoms with Crippen LogP contribution in [-0.2, 0) is 10.0 Å². The van der Waals surface area contributed by atoms with E-state index in [2.05, 4.69) is 4.72 Å². The van der Waals surface area contributed by atoms with Crippen LogP contribution in [0.5, 0.6) is 0 Å². The molecule has 0 saturated heterocycles. The highest BCUT2D eigenvalue weighted by atomic mass is 35.5. The van der Waals surface area contributed by atoms with Gasteiger partial charge in [-0.2, -0.15) is 0 Å². The van der Waals surface area contributed by atoms with Gasteiger partial charge >= 0.3 is 0 Å². The molecule has 1 heterocycles. The molecule has 0 fully saturated rings. The summed E-state index contributed by atoms with van der Waals surface area (Å²) in [5.74, 6) is -0.0988. The van der Waals surface area contributed by atoms with Crippen LogP contribution >= 0.6 is 11.6 Å².